The summed E-state index contributed by atoms with van der Waals surface area (Å²) in [6.07, 6.45) is 0. The summed E-state index contributed by atoms with van der Waals surface area (Å²) in [7, 11) is -2.37. The van der Waals surface area contributed by atoms with Gasteiger partial charge in [-0.15, -0.1) is 0 Å². The van der Waals surface area contributed by atoms with E-state index in [9.17, 15) is 14.8 Å². The molecule has 0 aliphatic rings. The number of benzene rings is 2. The summed E-state index contributed by atoms with van der Waals surface area (Å²) in [5.74, 6) is -0.0806. The number of phenols is 2. The van der Waals surface area contributed by atoms with Gasteiger partial charge < -0.3 is 14.7 Å². The summed E-state index contributed by atoms with van der Waals surface area (Å²) < 4.78 is 19.7. The maximum Gasteiger partial charge on any atom is 0.268 e. The molecule has 2 aromatic rings. The molecule has 0 unspecified atom stereocenters. The van der Waals surface area contributed by atoms with Gasteiger partial charge in [0.2, 0.25) is 0 Å². The molecule has 0 radical (unpaired) electrons. The zero-order valence-corrected chi connectivity index (χ0v) is 19.4. The lowest BCUT2D eigenvalue weighted by molar-refractivity contribution is 0.404. The maximum absolute atomic E-state index is 14.1. The highest BCUT2D eigenvalue weighted by molar-refractivity contribution is 7.74. The van der Waals surface area contributed by atoms with Crippen molar-refractivity contribution in [2.24, 2.45) is 0 Å². The summed E-state index contributed by atoms with van der Waals surface area (Å²) in [4.78, 5) is 0. The van der Waals surface area contributed by atoms with E-state index in [-0.39, 0.29) is 32.9 Å². The Labute approximate surface area is 169 Å². The first-order valence-electron chi connectivity index (χ1n) is 9.48. The summed E-state index contributed by atoms with van der Waals surface area (Å²) in [6, 6.07) is 7.17. The average molecular weight is 404 g/mol. The van der Waals surface area contributed by atoms with Gasteiger partial charge in [-0.05, 0) is 47.9 Å². The van der Waals surface area contributed by atoms with Gasteiger partial charge in [0.15, 0.2) is 0 Å². The van der Waals surface area contributed by atoms with Crippen LogP contribution in [0.1, 0.15) is 63.8 Å². The van der Waals surface area contributed by atoms with Crippen LogP contribution in [0, 0.1) is 13.8 Å². The second kappa shape index (κ2) is 7.24. The third-order valence-electron chi connectivity index (χ3n) is 4.98. The first-order valence-corrected chi connectivity index (χ1v) is 11.1. The van der Waals surface area contributed by atoms with Gasteiger partial charge in [-0.1, -0.05) is 53.7 Å². The van der Waals surface area contributed by atoms with Crippen molar-refractivity contribution >= 4 is 18.0 Å². The highest BCUT2D eigenvalue weighted by atomic mass is 31.2. The molecule has 0 saturated heterocycles. The molecule has 154 valence electrons. The first kappa shape index (κ1) is 22.5. The lowest BCUT2D eigenvalue weighted by Gasteiger charge is -2.28. The van der Waals surface area contributed by atoms with Crippen molar-refractivity contribution in [3.05, 3.63) is 46.5 Å². The SMILES string of the molecule is COP(=O)(c1cc(C)cc(C(C)(C)C)c1O)c1cc(C)cc(C(C)(C)C)c1O. The molecule has 0 heterocycles. The molecule has 5 heteroatoms. The zero-order chi connectivity index (χ0) is 21.7. The molecule has 28 heavy (non-hydrogen) atoms. The van der Waals surface area contributed by atoms with Crippen molar-refractivity contribution in [2.45, 2.75) is 66.2 Å². The van der Waals surface area contributed by atoms with E-state index in [1.54, 1.807) is 12.1 Å². The number of hydrogen-bond acceptors (Lipinski definition) is 4. The van der Waals surface area contributed by atoms with Crippen LogP contribution >= 0.6 is 7.37 Å². The fraction of sp³-hybridized carbons (Fsp3) is 0.478. The molecular weight excluding hydrogens is 371 g/mol. The summed E-state index contributed by atoms with van der Waals surface area (Å²) >= 11 is 0. The predicted octanol–water partition coefficient (Wildman–Crippen LogP) is 5.18. The third-order valence-corrected chi connectivity index (χ3v) is 7.44. The molecule has 2 N–H and O–H groups in total. The molecule has 2 aromatic carbocycles. The molecule has 0 spiro atoms. The lowest BCUT2D eigenvalue weighted by atomic mass is 9.85. The lowest BCUT2D eigenvalue weighted by Crippen LogP contribution is -2.24. The van der Waals surface area contributed by atoms with Gasteiger partial charge in [0.1, 0.15) is 11.5 Å². The van der Waals surface area contributed by atoms with Crippen LogP contribution in [-0.2, 0) is 19.9 Å². The number of phenolic OH excluding ortho intramolecular Hbond substituents is 2. The quantitative estimate of drug-likeness (QED) is 0.692. The molecule has 0 bridgehead atoms. The van der Waals surface area contributed by atoms with Crippen molar-refractivity contribution in [2.75, 3.05) is 7.11 Å². The zero-order valence-electron chi connectivity index (χ0n) is 18.5. The fourth-order valence-corrected chi connectivity index (χ4v) is 5.64. The van der Waals surface area contributed by atoms with Crippen LogP contribution in [0.5, 0.6) is 11.5 Å². The Balaban J connectivity index is 2.91. The topological polar surface area (TPSA) is 66.8 Å². The van der Waals surface area contributed by atoms with Crippen molar-refractivity contribution < 1.29 is 19.3 Å². The monoisotopic (exact) mass is 404 g/mol. The highest BCUT2D eigenvalue weighted by Gasteiger charge is 2.37. The van der Waals surface area contributed by atoms with E-state index in [1.807, 2.05) is 67.5 Å². The van der Waals surface area contributed by atoms with Crippen LogP contribution in [0.15, 0.2) is 24.3 Å². The maximum atomic E-state index is 14.1. The Morgan fingerprint density at radius 2 is 1.07 bits per heavy atom. The van der Waals surface area contributed by atoms with Gasteiger partial charge >= 0.3 is 0 Å². The van der Waals surface area contributed by atoms with Gasteiger partial charge in [-0.2, -0.15) is 0 Å². The van der Waals surface area contributed by atoms with Crippen LogP contribution < -0.4 is 10.6 Å². The largest absolute Gasteiger partial charge is 0.507 e. The number of aromatic hydroxyl groups is 2. The van der Waals surface area contributed by atoms with E-state index in [4.69, 9.17) is 4.52 Å². The van der Waals surface area contributed by atoms with Gasteiger partial charge in [0.25, 0.3) is 7.37 Å². The minimum absolute atomic E-state index is 0.0403. The Bertz CT molecular complexity index is 873. The summed E-state index contributed by atoms with van der Waals surface area (Å²) in [5, 5.41) is 22.5. The number of hydrogen-bond donors (Lipinski definition) is 2. The molecular formula is C23H33O4P. The Morgan fingerprint density at radius 3 is 1.32 bits per heavy atom. The highest BCUT2D eigenvalue weighted by Crippen LogP contribution is 2.51. The van der Waals surface area contributed by atoms with Crippen LogP contribution in [0.4, 0.5) is 0 Å². The van der Waals surface area contributed by atoms with Crippen molar-refractivity contribution in [3.63, 3.8) is 0 Å². The first-order chi connectivity index (χ1) is 12.6. The standard InChI is InChI=1S/C23H33O4P/c1-14-10-16(22(3,4)5)20(24)18(12-14)28(26,27-9)19-13-15(2)11-17(21(19)25)23(6,7)8/h10-13,24-25H,1-9H3. The van der Waals surface area contributed by atoms with Gasteiger partial charge in [-0.3, -0.25) is 4.57 Å². The normalized spacial score (nSPS) is 13.0. The minimum Gasteiger partial charge on any atom is -0.507 e. The van der Waals surface area contributed by atoms with Crippen molar-refractivity contribution in [3.8, 4) is 11.5 Å². The van der Waals surface area contributed by atoms with Crippen LogP contribution in [0.3, 0.4) is 0 Å². The van der Waals surface area contributed by atoms with Crippen LogP contribution in [0.2, 0.25) is 0 Å². The fourth-order valence-electron chi connectivity index (χ4n) is 3.44. The molecule has 0 amide bonds. The Kier molecular flexibility index (Phi) is 5.82. The van der Waals surface area contributed by atoms with E-state index in [0.717, 1.165) is 11.1 Å². The Hall–Kier alpha value is -1.77. The van der Waals surface area contributed by atoms with Gasteiger partial charge in [0.05, 0.1) is 10.6 Å². The van der Waals surface area contributed by atoms with E-state index in [0.29, 0.717) is 11.1 Å². The average Bonchev–Trinajstić information content (AvgIpc) is 2.55. The van der Waals surface area contributed by atoms with E-state index < -0.39 is 7.37 Å². The molecule has 0 aliphatic heterocycles. The minimum atomic E-state index is -3.73. The van der Waals surface area contributed by atoms with E-state index in [1.165, 1.54) is 7.11 Å². The van der Waals surface area contributed by atoms with Crippen molar-refractivity contribution in [1.82, 2.24) is 0 Å². The van der Waals surface area contributed by atoms with Crippen LogP contribution in [0.25, 0.3) is 0 Å². The molecule has 4 nitrogen and oxygen atoms in total. The molecule has 0 atom stereocenters. The van der Waals surface area contributed by atoms with Crippen LogP contribution in [-0.4, -0.2) is 17.3 Å². The molecule has 0 saturated carbocycles. The molecule has 2 rings (SSSR count). The van der Waals surface area contributed by atoms with Gasteiger partial charge in [0, 0.05) is 18.2 Å². The van der Waals surface area contributed by atoms with Gasteiger partial charge in [-0.25, -0.2) is 0 Å². The third kappa shape index (κ3) is 3.99. The van der Waals surface area contributed by atoms with E-state index in [2.05, 4.69) is 0 Å². The number of aryl methyl sites for hydroxylation is 2. The molecule has 0 aliphatic carbocycles. The second-order valence-electron chi connectivity index (χ2n) is 9.59. The number of rotatable bonds is 3. The predicted molar refractivity (Wildman–Crippen MR) is 117 cm³/mol. The van der Waals surface area contributed by atoms with E-state index >= 15 is 0 Å². The summed E-state index contributed by atoms with van der Waals surface area (Å²) in [6.45, 7) is 15.7. The molecule has 0 fully saturated rings. The molecule has 0 aromatic heterocycles. The smallest absolute Gasteiger partial charge is 0.268 e. The Morgan fingerprint density at radius 1 is 0.750 bits per heavy atom. The van der Waals surface area contributed by atoms with Crippen molar-refractivity contribution in [1.29, 1.82) is 0 Å². The second-order valence-corrected chi connectivity index (χ2v) is 12.0. The summed E-state index contributed by atoms with van der Waals surface area (Å²) in [5.41, 5.74) is 2.46.